The van der Waals surface area contributed by atoms with E-state index < -0.39 is 191 Å². The van der Waals surface area contributed by atoms with Crippen LogP contribution in [0.1, 0.15) is 377 Å². The van der Waals surface area contributed by atoms with Crippen molar-refractivity contribution in [3.8, 4) is 0 Å². The molecule has 149 heavy (non-hydrogen) atoms. The molecule has 19 unspecified atom stereocenters. The molecule has 37 heteroatoms. The number of esters is 14. The smallest absolute Gasteiger partial charge is 0.314 e. The Morgan fingerprint density at radius 3 is 0.826 bits per heavy atom. The van der Waals surface area contributed by atoms with Crippen molar-refractivity contribution in [1.29, 1.82) is 0 Å². The minimum Gasteiger partial charge on any atom is -0.466 e. The van der Waals surface area contributed by atoms with Crippen molar-refractivity contribution in [2.45, 2.75) is 417 Å². The molecule has 0 aromatic rings. The van der Waals surface area contributed by atoms with Crippen LogP contribution in [0.25, 0.3) is 0 Å². The van der Waals surface area contributed by atoms with Crippen molar-refractivity contribution in [2.24, 2.45) is 76.9 Å². The highest BCUT2D eigenvalue weighted by atomic mass is 17.2. The van der Waals surface area contributed by atoms with Crippen molar-refractivity contribution in [3.63, 3.8) is 0 Å². The van der Waals surface area contributed by atoms with Gasteiger partial charge in [0.2, 0.25) is 5.91 Å². The highest BCUT2D eigenvalue weighted by molar-refractivity contribution is 5.91. The van der Waals surface area contributed by atoms with Crippen molar-refractivity contribution in [1.82, 2.24) is 5.32 Å². The molecule has 0 aliphatic heterocycles. The summed E-state index contributed by atoms with van der Waals surface area (Å²) in [5.74, 6) is -17.2. The lowest BCUT2D eigenvalue weighted by molar-refractivity contribution is -0.440. The third kappa shape index (κ3) is 52.7. The topological polar surface area (TPSA) is 473 Å². The lowest BCUT2D eigenvalue weighted by Gasteiger charge is -2.45. The minimum absolute atomic E-state index is 0. The summed E-state index contributed by atoms with van der Waals surface area (Å²) in [6.45, 7) is 53.1. The molecule has 5 saturated carbocycles. The van der Waals surface area contributed by atoms with Crippen LogP contribution < -0.4 is 5.32 Å². The van der Waals surface area contributed by atoms with E-state index in [2.05, 4.69) is 52.1 Å². The summed E-state index contributed by atoms with van der Waals surface area (Å²) in [5.41, 5.74) is 0. The standard InChI is InChI=1S/C31H52O11.C26H44O8.C22H36O8.C18H24O8.C15H29NO.2H2/c1-9-14-19-24(32)35-27-26(34)28(40-37-21(6)16-11-3)30(41-38-22(7)17-12-4)31(42-39-23(8)18-13-5)29(27)36-25(33)20-15-10-2;1-5-9-13-31-23(27)19-17-21(25(29)33-15-11-7-3)22(26(30)34-16-12-8-4)18-20(19)24(28)32-14-10-6-2;1-5-9-27-19(23)15-13-17(21(25)29-11-7-3)18(22(26)30-12-8-4)14-16(15)20(24)28-10-6-2;1-5-23-15(19)11-9-13(17(21)25-7-3)14(18(22)26-8-4)10-12(11)16(20)24-6-2;1-3-5-9-13(4-2)12-15(17)16-14-10-7-6-8-11-14;;/h26-31,34H,6-20H2,1-5H3;19-22H,5-18H2,1-4H3;15-18H,5-14H2,1-4H3;5-6,11-14H,1-2,7-10H2,3-4H3;13-14H,3-12H2,1-2H3,(H,16,17);2*1H. The summed E-state index contributed by atoms with van der Waals surface area (Å²) in [4.78, 5) is 223. The Morgan fingerprint density at radius 2 is 0.564 bits per heavy atom. The van der Waals surface area contributed by atoms with Crippen molar-refractivity contribution in [3.05, 3.63) is 62.7 Å². The Morgan fingerprint density at radius 1 is 0.302 bits per heavy atom. The number of allylic oxidation sites excluding steroid dienone is 3. The zero-order valence-electron chi connectivity index (χ0n) is 92.8. The summed E-state index contributed by atoms with van der Waals surface area (Å²) < 4.78 is 73.9. The van der Waals surface area contributed by atoms with Crippen molar-refractivity contribution >= 4 is 89.5 Å². The molecule has 0 saturated heterocycles. The second-order valence-corrected chi connectivity index (χ2v) is 38.1. The van der Waals surface area contributed by atoms with Crippen LogP contribution in [0.2, 0.25) is 0 Å². The van der Waals surface area contributed by atoms with E-state index in [-0.39, 0.29) is 120 Å². The summed E-state index contributed by atoms with van der Waals surface area (Å²) in [5, 5.41) is 14.8. The summed E-state index contributed by atoms with van der Waals surface area (Å²) in [6.07, 6.45) is 20.5. The van der Waals surface area contributed by atoms with Crippen LogP contribution in [0.5, 0.6) is 0 Å². The zero-order valence-corrected chi connectivity index (χ0v) is 92.8. The Bertz CT molecular complexity index is 3700. The zero-order chi connectivity index (χ0) is 112. The normalized spacial score (nSPS) is 22.8. The number of rotatable bonds is 66. The van der Waals surface area contributed by atoms with Gasteiger partial charge in [-0.25, -0.2) is 0 Å². The van der Waals surface area contributed by atoms with Gasteiger partial charge in [0.05, 0.1) is 150 Å². The molecule has 5 rings (SSSR count). The highest BCUT2D eigenvalue weighted by Crippen LogP contribution is 2.46. The van der Waals surface area contributed by atoms with E-state index in [1.165, 1.54) is 51.4 Å². The van der Waals surface area contributed by atoms with Gasteiger partial charge in [0.15, 0.2) is 30.5 Å². The van der Waals surface area contributed by atoms with Gasteiger partial charge in [0, 0.05) is 47.4 Å². The second-order valence-electron chi connectivity index (χ2n) is 38.1. The molecule has 37 nitrogen and oxygen atoms in total. The van der Waals surface area contributed by atoms with E-state index in [1.807, 2.05) is 90.0 Å². The van der Waals surface area contributed by atoms with Crippen LogP contribution in [0.3, 0.4) is 0 Å². The first-order chi connectivity index (χ1) is 71.6. The number of aliphatic hydroxyl groups is 1. The molecule has 0 spiro atoms. The number of carbonyl (C=O) groups excluding carboxylic acids is 15. The number of aliphatic hydroxyl groups excluding tert-OH is 1. The summed E-state index contributed by atoms with van der Waals surface area (Å²) in [6, 6.07) is 0.472. The van der Waals surface area contributed by atoms with Crippen LogP contribution >= 0.6 is 0 Å². The fourth-order valence-corrected chi connectivity index (χ4v) is 17.4. The lowest BCUT2D eigenvalue weighted by Crippen LogP contribution is -2.67. The summed E-state index contributed by atoms with van der Waals surface area (Å²) in [7, 11) is 0. The molecule has 5 aliphatic rings. The molecule has 2 N–H and O–H groups in total. The quantitative estimate of drug-likeness (QED) is 0.0143. The Kier molecular flexibility index (Phi) is 76.0. The SMILES string of the molecule is C=C(CCC)OOC1C(O)C(OC(=O)CCCC)C(OC(=O)CCCC)C(OOC(=C)CCC)C1OOC(=C)CCC.C=COC(=O)C1CC(C(=O)OCC)C(C(=O)OCC)CC1C(=O)OC=C.CCCCC(CC)CC(=O)NC1CCCCC1.CCCCOC(=O)C1CC(C(=O)OCCCC)C(C(=O)OCCCC)CC1C(=O)OCCCC.CCCOC(=O)C1CC(C(=O)OCCC)C(C(=O)OCCC)CC1C(=O)OCCC.[HH].[HH]. The first-order valence-electron chi connectivity index (χ1n) is 55.3. The number of hydrogen-bond acceptors (Lipinski definition) is 36. The molecule has 5 aliphatic carbocycles. The van der Waals surface area contributed by atoms with Gasteiger partial charge in [-0.2, -0.15) is 14.7 Å². The van der Waals surface area contributed by atoms with Gasteiger partial charge < -0.3 is 91.4 Å². The van der Waals surface area contributed by atoms with Gasteiger partial charge in [0.1, 0.15) is 23.4 Å². The van der Waals surface area contributed by atoms with Gasteiger partial charge in [-0.1, -0.05) is 214 Å². The van der Waals surface area contributed by atoms with E-state index in [4.69, 9.17) is 95.6 Å². The highest BCUT2D eigenvalue weighted by Gasteiger charge is 2.60. The van der Waals surface area contributed by atoms with Crippen LogP contribution in [0, 0.1) is 76.9 Å². The predicted molar refractivity (Wildman–Crippen MR) is 556 cm³/mol. The Labute approximate surface area is 889 Å². The van der Waals surface area contributed by atoms with E-state index in [0.29, 0.717) is 119 Å². The van der Waals surface area contributed by atoms with Gasteiger partial charge in [-0.05, 0) is 161 Å². The summed E-state index contributed by atoms with van der Waals surface area (Å²) >= 11 is 0. The minimum atomic E-state index is -1.60. The van der Waals surface area contributed by atoms with Gasteiger partial charge in [-0.3, -0.25) is 71.9 Å². The van der Waals surface area contributed by atoms with Crippen LogP contribution in [-0.2, 0) is 168 Å². The van der Waals surface area contributed by atoms with E-state index in [1.54, 1.807) is 13.8 Å². The number of hydrogen-bond donors (Lipinski definition) is 2. The van der Waals surface area contributed by atoms with Gasteiger partial charge >= 0.3 is 83.6 Å². The number of carbonyl (C=O) groups is 15. The second kappa shape index (κ2) is 82.7. The molecule has 0 aromatic heterocycles. The molecule has 0 bridgehead atoms. The molecule has 0 aromatic carbocycles. The van der Waals surface area contributed by atoms with Crippen molar-refractivity contribution in [2.75, 3.05) is 66.1 Å². The van der Waals surface area contributed by atoms with Crippen molar-refractivity contribution < 1.29 is 176 Å². The molecule has 0 radical (unpaired) electrons. The maximum Gasteiger partial charge on any atom is 0.314 e. The molecular weight excluding hydrogens is 1940 g/mol. The largest absolute Gasteiger partial charge is 0.466 e. The number of nitrogens with one attached hydrogen (secondary N) is 1. The molecule has 1 amide bonds. The monoisotopic (exact) mass is 2120 g/mol. The number of amides is 1. The Balaban J connectivity index is 0. The molecule has 5 fully saturated rings. The first-order valence-corrected chi connectivity index (χ1v) is 55.3. The van der Waals surface area contributed by atoms with Gasteiger partial charge in [-0.15, -0.1) is 0 Å². The fraction of sp³-hybridized carbons (Fsp3) is 0.777. The Hall–Kier alpha value is -10.0. The molecule has 0 heterocycles. The third-order valence-corrected chi connectivity index (χ3v) is 25.7. The van der Waals surface area contributed by atoms with Crippen LogP contribution in [0.15, 0.2) is 62.7 Å². The molecular formula is C112H189NO36. The average molecular weight is 2130 g/mol. The maximum absolute atomic E-state index is 12.9. The number of ether oxygens (including phenoxy) is 14. The third-order valence-electron chi connectivity index (χ3n) is 25.7. The van der Waals surface area contributed by atoms with Crippen LogP contribution in [0.4, 0.5) is 0 Å². The van der Waals surface area contributed by atoms with E-state index >= 15 is 0 Å². The fourth-order valence-electron chi connectivity index (χ4n) is 17.4. The maximum atomic E-state index is 12.9. The molecule has 858 valence electrons. The first kappa shape index (κ1) is 137. The van der Waals surface area contributed by atoms with E-state index in [0.717, 1.165) is 83.2 Å². The van der Waals surface area contributed by atoms with Gasteiger partial charge in [0.25, 0.3) is 0 Å². The van der Waals surface area contributed by atoms with Crippen LogP contribution in [-0.4, -0.2) is 203 Å². The molecule has 19 atom stereocenters. The van der Waals surface area contributed by atoms with E-state index in [9.17, 15) is 77.0 Å². The average Bonchev–Trinajstić information content (AvgIpc) is 0.761. The predicted octanol–water partition coefficient (Wildman–Crippen LogP) is 20.4. The lowest BCUT2D eigenvalue weighted by atomic mass is 9.68. The number of unbranched alkanes of at least 4 members (excludes halogenated alkanes) is 7.